The van der Waals surface area contributed by atoms with Gasteiger partial charge in [0.25, 0.3) is 0 Å². The molecule has 3 rings (SSSR count). The number of aryl methyl sites for hydroxylation is 2. The van der Waals surface area contributed by atoms with Crippen molar-refractivity contribution in [3.63, 3.8) is 0 Å². The largest absolute Gasteiger partial charge is 0.370 e. The molecule has 24 heavy (non-hydrogen) atoms. The van der Waals surface area contributed by atoms with Gasteiger partial charge in [0.1, 0.15) is 17.4 Å². The van der Waals surface area contributed by atoms with Crippen LogP contribution in [0.5, 0.6) is 0 Å². The molecule has 0 atom stereocenters. The van der Waals surface area contributed by atoms with Crippen molar-refractivity contribution in [2.75, 3.05) is 17.2 Å². The van der Waals surface area contributed by atoms with Crippen LogP contribution in [0.1, 0.15) is 17.0 Å². The zero-order chi connectivity index (χ0) is 16.9. The summed E-state index contributed by atoms with van der Waals surface area (Å²) in [6, 6.07) is 10.1. The molecule has 3 aromatic rings. The van der Waals surface area contributed by atoms with Gasteiger partial charge >= 0.3 is 0 Å². The monoisotopic (exact) mass is 327 g/mol. The molecule has 0 bridgehead atoms. The van der Waals surface area contributed by atoms with Crippen molar-refractivity contribution in [2.24, 2.45) is 0 Å². The maximum Gasteiger partial charge on any atom is 0.230 e. The summed E-state index contributed by atoms with van der Waals surface area (Å²) in [5.74, 6) is 2.22. The molecule has 2 heterocycles. The maximum atomic E-state index is 12.9. The molecule has 124 valence electrons. The van der Waals surface area contributed by atoms with E-state index in [2.05, 4.69) is 25.8 Å². The number of halogens is 1. The van der Waals surface area contributed by atoms with E-state index in [1.807, 2.05) is 19.9 Å². The van der Waals surface area contributed by atoms with Gasteiger partial charge in [-0.1, -0.05) is 17.3 Å². The van der Waals surface area contributed by atoms with Gasteiger partial charge in [0.05, 0.1) is 0 Å². The molecule has 0 amide bonds. The van der Waals surface area contributed by atoms with Crippen LogP contribution in [0.2, 0.25) is 0 Å². The van der Waals surface area contributed by atoms with Gasteiger partial charge < -0.3 is 15.2 Å². The van der Waals surface area contributed by atoms with Crippen LogP contribution in [0.15, 0.2) is 40.9 Å². The van der Waals surface area contributed by atoms with Crippen LogP contribution in [0, 0.1) is 19.7 Å². The van der Waals surface area contributed by atoms with E-state index >= 15 is 0 Å². The molecular formula is C17H18FN5O. The molecule has 0 aliphatic carbocycles. The Balaban J connectivity index is 1.61. The van der Waals surface area contributed by atoms with Gasteiger partial charge in [0.2, 0.25) is 5.95 Å². The predicted octanol–water partition coefficient (Wildman–Crippen LogP) is 3.62. The lowest BCUT2D eigenvalue weighted by molar-refractivity contribution is 0.400. The van der Waals surface area contributed by atoms with Crippen molar-refractivity contribution in [3.8, 4) is 0 Å². The summed E-state index contributed by atoms with van der Waals surface area (Å²) >= 11 is 0. The topological polar surface area (TPSA) is 75.9 Å². The highest BCUT2D eigenvalue weighted by atomic mass is 19.1. The van der Waals surface area contributed by atoms with E-state index in [9.17, 15) is 4.39 Å². The maximum absolute atomic E-state index is 12.9. The number of anilines is 3. The summed E-state index contributed by atoms with van der Waals surface area (Å²) in [4.78, 5) is 8.74. The van der Waals surface area contributed by atoms with E-state index < -0.39 is 0 Å². The van der Waals surface area contributed by atoms with Crippen molar-refractivity contribution < 1.29 is 8.91 Å². The van der Waals surface area contributed by atoms with Crippen LogP contribution >= 0.6 is 0 Å². The number of hydrogen-bond acceptors (Lipinski definition) is 6. The number of rotatable bonds is 6. The Kier molecular flexibility index (Phi) is 4.69. The van der Waals surface area contributed by atoms with Crippen LogP contribution in [0.4, 0.5) is 22.0 Å². The molecule has 0 saturated carbocycles. The van der Waals surface area contributed by atoms with Crippen molar-refractivity contribution in [2.45, 2.75) is 20.3 Å². The molecule has 0 aliphatic rings. The average molecular weight is 327 g/mol. The number of benzene rings is 1. The molecule has 0 radical (unpaired) electrons. The van der Waals surface area contributed by atoms with Crippen LogP contribution in [-0.4, -0.2) is 21.7 Å². The molecule has 1 aromatic carbocycles. The Labute approximate surface area is 139 Å². The summed E-state index contributed by atoms with van der Waals surface area (Å²) in [5, 5.41) is 10.1. The highest BCUT2D eigenvalue weighted by Crippen LogP contribution is 2.15. The fourth-order valence-corrected chi connectivity index (χ4v) is 2.24. The quantitative estimate of drug-likeness (QED) is 0.720. The molecular weight excluding hydrogens is 309 g/mol. The van der Waals surface area contributed by atoms with E-state index in [1.54, 1.807) is 18.2 Å². The fourth-order valence-electron chi connectivity index (χ4n) is 2.24. The molecule has 0 aliphatic heterocycles. The smallest absolute Gasteiger partial charge is 0.230 e. The molecule has 7 heteroatoms. The fraction of sp³-hybridized carbons (Fsp3) is 0.235. The molecule has 0 spiro atoms. The van der Waals surface area contributed by atoms with Crippen LogP contribution in [0.3, 0.4) is 0 Å². The third-order valence-corrected chi connectivity index (χ3v) is 3.36. The van der Waals surface area contributed by atoms with E-state index in [0.717, 1.165) is 17.7 Å². The molecule has 6 nitrogen and oxygen atoms in total. The third kappa shape index (κ3) is 4.28. The van der Waals surface area contributed by atoms with Crippen LogP contribution in [0.25, 0.3) is 0 Å². The molecule has 0 fully saturated rings. The average Bonchev–Trinajstić information content (AvgIpc) is 2.94. The van der Waals surface area contributed by atoms with E-state index in [-0.39, 0.29) is 5.82 Å². The predicted molar refractivity (Wildman–Crippen MR) is 89.9 cm³/mol. The van der Waals surface area contributed by atoms with Crippen molar-refractivity contribution >= 4 is 17.6 Å². The molecule has 2 N–H and O–H groups in total. The normalized spacial score (nSPS) is 10.6. The van der Waals surface area contributed by atoms with Crippen LogP contribution < -0.4 is 10.6 Å². The number of hydrogen-bond donors (Lipinski definition) is 2. The molecule has 0 unspecified atom stereocenters. The van der Waals surface area contributed by atoms with Gasteiger partial charge in [-0.05, 0) is 38.0 Å². The Morgan fingerprint density at radius 1 is 1.04 bits per heavy atom. The Morgan fingerprint density at radius 2 is 1.83 bits per heavy atom. The SMILES string of the molecule is Cc1cc(NCCc2ccc(F)cc2)nc(Nc2cc(C)on2)n1. The minimum Gasteiger partial charge on any atom is -0.370 e. The third-order valence-electron chi connectivity index (χ3n) is 3.36. The zero-order valence-corrected chi connectivity index (χ0v) is 13.5. The summed E-state index contributed by atoms with van der Waals surface area (Å²) in [5.41, 5.74) is 1.89. The lowest BCUT2D eigenvalue weighted by atomic mass is 10.1. The second kappa shape index (κ2) is 7.08. The van der Waals surface area contributed by atoms with Gasteiger partial charge in [0.15, 0.2) is 5.82 Å². The zero-order valence-electron chi connectivity index (χ0n) is 13.5. The summed E-state index contributed by atoms with van der Waals surface area (Å²) in [7, 11) is 0. The van der Waals surface area contributed by atoms with Crippen molar-refractivity contribution in [1.82, 2.24) is 15.1 Å². The first-order chi connectivity index (χ1) is 11.6. The standard InChI is InChI=1S/C17H18FN5O/c1-11-9-15(19-8-7-13-3-5-14(18)6-4-13)21-17(20-11)22-16-10-12(2)24-23-16/h3-6,9-10H,7-8H2,1-2H3,(H2,19,20,21,22,23). The minimum atomic E-state index is -0.225. The number of nitrogens with zero attached hydrogens (tertiary/aromatic N) is 3. The van der Waals surface area contributed by atoms with Gasteiger partial charge in [-0.2, -0.15) is 4.98 Å². The second-order valence-corrected chi connectivity index (χ2v) is 5.47. The summed E-state index contributed by atoms with van der Waals surface area (Å²) in [6.07, 6.45) is 0.772. The molecule has 2 aromatic heterocycles. The Bertz CT molecular complexity index is 816. The summed E-state index contributed by atoms with van der Waals surface area (Å²) < 4.78 is 17.9. The van der Waals surface area contributed by atoms with Crippen molar-refractivity contribution in [3.05, 3.63) is 59.2 Å². The second-order valence-electron chi connectivity index (χ2n) is 5.47. The molecule has 0 saturated heterocycles. The van der Waals surface area contributed by atoms with Crippen molar-refractivity contribution in [1.29, 1.82) is 0 Å². The lowest BCUT2D eigenvalue weighted by Crippen LogP contribution is -2.08. The van der Waals surface area contributed by atoms with Gasteiger partial charge in [-0.15, -0.1) is 0 Å². The van der Waals surface area contributed by atoms with E-state index in [0.29, 0.717) is 29.9 Å². The van der Waals surface area contributed by atoms with Gasteiger partial charge in [-0.25, -0.2) is 9.37 Å². The summed E-state index contributed by atoms with van der Waals surface area (Å²) in [6.45, 7) is 4.40. The first-order valence-corrected chi connectivity index (χ1v) is 7.63. The highest BCUT2D eigenvalue weighted by Gasteiger charge is 2.06. The van der Waals surface area contributed by atoms with E-state index in [4.69, 9.17) is 4.52 Å². The number of nitrogens with one attached hydrogen (secondary N) is 2. The van der Waals surface area contributed by atoms with Gasteiger partial charge in [-0.3, -0.25) is 0 Å². The first-order valence-electron chi connectivity index (χ1n) is 7.63. The Morgan fingerprint density at radius 3 is 2.54 bits per heavy atom. The first kappa shape index (κ1) is 15.9. The highest BCUT2D eigenvalue weighted by molar-refractivity contribution is 5.51. The van der Waals surface area contributed by atoms with Crippen LogP contribution in [-0.2, 0) is 6.42 Å². The van der Waals surface area contributed by atoms with Gasteiger partial charge in [0, 0.05) is 24.4 Å². The lowest BCUT2D eigenvalue weighted by Gasteiger charge is -2.09. The minimum absolute atomic E-state index is 0.225. The van der Waals surface area contributed by atoms with E-state index in [1.165, 1.54) is 12.1 Å². The Hall–Kier alpha value is -2.96. The number of aromatic nitrogens is 3.